The summed E-state index contributed by atoms with van der Waals surface area (Å²) in [4.78, 5) is 8.03. The van der Waals surface area contributed by atoms with Gasteiger partial charge in [0.05, 0.1) is 6.54 Å². The smallest absolute Gasteiger partial charge is 0.226 e. The van der Waals surface area contributed by atoms with Crippen LogP contribution in [0.5, 0.6) is 0 Å². The van der Waals surface area contributed by atoms with Crippen molar-refractivity contribution in [2.45, 2.75) is 40.3 Å². The van der Waals surface area contributed by atoms with Crippen LogP contribution in [-0.4, -0.2) is 22.1 Å². The number of hydrogen-bond donors (Lipinski definition) is 0. The monoisotopic (exact) mass is 279 g/mol. The first-order chi connectivity index (χ1) is 9.04. The van der Waals surface area contributed by atoms with Crippen molar-refractivity contribution in [1.29, 1.82) is 0 Å². The quantitative estimate of drug-likeness (QED) is 0.814. The van der Waals surface area contributed by atoms with Gasteiger partial charge in [0.15, 0.2) is 5.82 Å². The van der Waals surface area contributed by atoms with Crippen LogP contribution < -0.4 is 0 Å². The molecule has 0 radical (unpaired) electrons. The van der Waals surface area contributed by atoms with Crippen molar-refractivity contribution in [3.05, 3.63) is 33.6 Å². The average Bonchev–Trinajstić information content (AvgIpc) is 2.89. The van der Waals surface area contributed by atoms with Gasteiger partial charge in [-0.3, -0.25) is 4.90 Å². The van der Waals surface area contributed by atoms with Gasteiger partial charge in [-0.1, -0.05) is 19.0 Å². The van der Waals surface area contributed by atoms with Crippen LogP contribution in [0.15, 0.2) is 16.0 Å². The molecule has 0 aliphatic rings. The van der Waals surface area contributed by atoms with Crippen LogP contribution in [0.3, 0.4) is 0 Å². The topological polar surface area (TPSA) is 42.2 Å². The maximum Gasteiger partial charge on any atom is 0.226 e. The lowest BCUT2D eigenvalue weighted by Crippen LogP contribution is -2.17. The molecular weight excluding hydrogens is 258 g/mol. The van der Waals surface area contributed by atoms with E-state index in [1.807, 2.05) is 0 Å². The van der Waals surface area contributed by atoms with E-state index < -0.39 is 0 Å². The van der Waals surface area contributed by atoms with E-state index in [4.69, 9.17) is 4.52 Å². The standard InChI is InChI=1S/C14H21N3OS/c1-10(2)7-14-15-13(16-18-14)9-17(4)8-12-11(3)5-6-19-12/h5-6,10H,7-9H2,1-4H3. The number of hydrogen-bond acceptors (Lipinski definition) is 5. The highest BCUT2D eigenvalue weighted by Crippen LogP contribution is 2.18. The molecule has 2 heterocycles. The van der Waals surface area contributed by atoms with E-state index in [1.54, 1.807) is 11.3 Å². The zero-order valence-corrected chi connectivity index (χ0v) is 12.8. The Labute approximate surface area is 118 Å². The van der Waals surface area contributed by atoms with Gasteiger partial charge in [-0.2, -0.15) is 4.98 Å². The third-order valence-corrected chi connectivity index (χ3v) is 3.89. The van der Waals surface area contributed by atoms with Gasteiger partial charge in [-0.25, -0.2) is 0 Å². The molecule has 0 aliphatic heterocycles. The first-order valence-electron chi connectivity index (χ1n) is 6.57. The van der Waals surface area contributed by atoms with Gasteiger partial charge in [0.25, 0.3) is 0 Å². The molecule has 0 spiro atoms. The summed E-state index contributed by atoms with van der Waals surface area (Å²) in [5.41, 5.74) is 1.35. The Morgan fingerprint density at radius 1 is 1.37 bits per heavy atom. The van der Waals surface area contributed by atoms with Crippen molar-refractivity contribution in [2.24, 2.45) is 5.92 Å². The first kappa shape index (κ1) is 14.2. The van der Waals surface area contributed by atoms with Crippen molar-refractivity contribution in [1.82, 2.24) is 15.0 Å². The second-order valence-corrected chi connectivity index (χ2v) is 6.40. The molecule has 5 heteroatoms. The molecule has 0 fully saturated rings. The van der Waals surface area contributed by atoms with Crippen LogP contribution in [-0.2, 0) is 19.5 Å². The Bertz CT molecular complexity index is 518. The maximum atomic E-state index is 5.25. The SMILES string of the molecule is Cc1ccsc1CN(C)Cc1noc(CC(C)C)n1. The zero-order valence-electron chi connectivity index (χ0n) is 12.0. The van der Waals surface area contributed by atoms with Crippen molar-refractivity contribution < 1.29 is 4.52 Å². The van der Waals surface area contributed by atoms with Crippen LogP contribution in [0.4, 0.5) is 0 Å². The van der Waals surface area contributed by atoms with Gasteiger partial charge >= 0.3 is 0 Å². The summed E-state index contributed by atoms with van der Waals surface area (Å²) >= 11 is 1.80. The van der Waals surface area contributed by atoms with Crippen LogP contribution in [0, 0.1) is 12.8 Å². The summed E-state index contributed by atoms with van der Waals surface area (Å²) in [6.07, 6.45) is 0.848. The van der Waals surface area contributed by atoms with Crippen molar-refractivity contribution in [3.63, 3.8) is 0 Å². The molecule has 104 valence electrons. The minimum Gasteiger partial charge on any atom is -0.339 e. The molecule has 0 aliphatic carbocycles. The first-order valence-corrected chi connectivity index (χ1v) is 7.45. The second kappa shape index (κ2) is 6.30. The molecule has 0 saturated carbocycles. The molecule has 0 aromatic carbocycles. The van der Waals surface area contributed by atoms with E-state index >= 15 is 0 Å². The van der Waals surface area contributed by atoms with Gasteiger partial charge in [0.1, 0.15) is 0 Å². The largest absolute Gasteiger partial charge is 0.339 e. The zero-order chi connectivity index (χ0) is 13.8. The molecule has 4 nitrogen and oxygen atoms in total. The van der Waals surface area contributed by atoms with Crippen molar-refractivity contribution >= 4 is 11.3 Å². The van der Waals surface area contributed by atoms with Gasteiger partial charge in [0.2, 0.25) is 5.89 Å². The summed E-state index contributed by atoms with van der Waals surface area (Å²) in [5, 5.41) is 6.17. The maximum absolute atomic E-state index is 5.25. The molecule has 0 saturated heterocycles. The molecule has 0 N–H and O–H groups in total. The highest BCUT2D eigenvalue weighted by atomic mass is 32.1. The number of aromatic nitrogens is 2. The Morgan fingerprint density at radius 3 is 2.79 bits per heavy atom. The van der Waals surface area contributed by atoms with E-state index in [2.05, 4.69) is 54.3 Å². The summed E-state index contributed by atoms with van der Waals surface area (Å²) in [5.74, 6) is 2.05. The van der Waals surface area contributed by atoms with Crippen molar-refractivity contribution in [3.8, 4) is 0 Å². The number of thiophene rings is 1. The number of aryl methyl sites for hydroxylation is 1. The van der Waals surface area contributed by atoms with Gasteiger partial charge < -0.3 is 4.52 Å². The minimum absolute atomic E-state index is 0.541. The van der Waals surface area contributed by atoms with E-state index in [1.165, 1.54) is 10.4 Å². The van der Waals surface area contributed by atoms with Crippen molar-refractivity contribution in [2.75, 3.05) is 7.05 Å². The van der Waals surface area contributed by atoms with E-state index in [9.17, 15) is 0 Å². The average molecular weight is 279 g/mol. The summed E-state index contributed by atoms with van der Waals surface area (Å²) in [7, 11) is 2.08. The highest BCUT2D eigenvalue weighted by Gasteiger charge is 2.11. The van der Waals surface area contributed by atoms with Gasteiger partial charge in [-0.05, 0) is 36.9 Å². The molecule has 0 bridgehead atoms. The summed E-state index contributed by atoms with van der Waals surface area (Å²) in [6, 6.07) is 2.16. The number of nitrogens with zero attached hydrogens (tertiary/aromatic N) is 3. The fourth-order valence-corrected chi connectivity index (χ4v) is 2.88. The second-order valence-electron chi connectivity index (χ2n) is 5.40. The highest BCUT2D eigenvalue weighted by molar-refractivity contribution is 7.10. The Morgan fingerprint density at radius 2 is 2.16 bits per heavy atom. The van der Waals surface area contributed by atoms with Crippen LogP contribution >= 0.6 is 11.3 Å². The lowest BCUT2D eigenvalue weighted by molar-refractivity contribution is 0.300. The Kier molecular flexibility index (Phi) is 4.71. The normalized spacial score (nSPS) is 11.7. The molecule has 19 heavy (non-hydrogen) atoms. The van der Waals surface area contributed by atoms with Gasteiger partial charge in [-0.15, -0.1) is 11.3 Å². The van der Waals surface area contributed by atoms with Gasteiger partial charge in [0, 0.05) is 17.8 Å². The predicted octanol–water partition coefficient (Wildman–Crippen LogP) is 3.27. The van der Waals surface area contributed by atoms with Crippen LogP contribution in [0.1, 0.15) is 36.0 Å². The molecule has 2 aromatic heterocycles. The van der Waals surface area contributed by atoms with Crippen LogP contribution in [0.25, 0.3) is 0 Å². The predicted molar refractivity (Wildman–Crippen MR) is 77.1 cm³/mol. The lowest BCUT2D eigenvalue weighted by Gasteiger charge is -2.13. The third-order valence-electron chi connectivity index (χ3n) is 2.89. The summed E-state index contributed by atoms with van der Waals surface area (Å²) < 4.78 is 5.25. The minimum atomic E-state index is 0.541. The van der Waals surface area contributed by atoms with E-state index in [0.29, 0.717) is 5.92 Å². The third kappa shape index (κ3) is 4.14. The molecule has 2 aromatic rings. The molecular formula is C14H21N3OS. The molecule has 0 amide bonds. The molecule has 0 atom stereocenters. The molecule has 0 unspecified atom stereocenters. The number of rotatable bonds is 6. The Hall–Kier alpha value is -1.20. The van der Waals surface area contributed by atoms with E-state index in [-0.39, 0.29) is 0 Å². The fraction of sp³-hybridized carbons (Fsp3) is 0.571. The van der Waals surface area contributed by atoms with Crippen LogP contribution in [0.2, 0.25) is 0 Å². The lowest BCUT2D eigenvalue weighted by atomic mass is 10.1. The Balaban J connectivity index is 1.90. The molecule has 2 rings (SSSR count). The summed E-state index contributed by atoms with van der Waals surface area (Å²) in [6.45, 7) is 8.09. The van der Waals surface area contributed by atoms with E-state index in [0.717, 1.165) is 31.2 Å². The fourth-order valence-electron chi connectivity index (χ4n) is 1.90.